The van der Waals surface area contributed by atoms with Gasteiger partial charge >= 0.3 is 0 Å². The third-order valence-electron chi connectivity index (χ3n) is 2.59. The molecule has 0 atom stereocenters. The highest BCUT2D eigenvalue weighted by molar-refractivity contribution is 9.10. The Morgan fingerprint density at radius 3 is 2.95 bits per heavy atom. The second-order valence-corrected chi connectivity index (χ2v) is 5.11. The average Bonchev–Trinajstić information content (AvgIpc) is 2.87. The van der Waals surface area contributed by atoms with Crippen molar-refractivity contribution < 1.29 is 4.39 Å². The molecule has 1 aromatic heterocycles. The number of rotatable bonds is 5. The second-order valence-electron chi connectivity index (χ2n) is 3.88. The van der Waals surface area contributed by atoms with Crippen molar-refractivity contribution in [3.8, 4) is 0 Å². The Kier molecular flexibility index (Phi) is 4.49. The van der Waals surface area contributed by atoms with Gasteiger partial charge in [0.25, 0.3) is 0 Å². The van der Waals surface area contributed by atoms with Gasteiger partial charge in [0.1, 0.15) is 4.99 Å². The summed E-state index contributed by atoms with van der Waals surface area (Å²) in [4.78, 5) is 4.10. The molecular formula is C12H12BrFN4S. The average molecular weight is 343 g/mol. The van der Waals surface area contributed by atoms with Crippen molar-refractivity contribution in [2.75, 3.05) is 11.9 Å². The molecule has 1 heterocycles. The van der Waals surface area contributed by atoms with E-state index in [0.717, 1.165) is 0 Å². The van der Waals surface area contributed by atoms with Crippen LogP contribution in [0.25, 0.3) is 0 Å². The van der Waals surface area contributed by atoms with Gasteiger partial charge in [-0.15, -0.1) is 0 Å². The number of nitrogens with one attached hydrogen (secondary N) is 1. The number of halogens is 2. The summed E-state index contributed by atoms with van der Waals surface area (Å²) in [6.45, 7) is 1.29. The van der Waals surface area contributed by atoms with Gasteiger partial charge in [0.2, 0.25) is 0 Å². The molecule has 0 saturated carbocycles. The van der Waals surface area contributed by atoms with Crippen LogP contribution in [0.1, 0.15) is 5.56 Å². The van der Waals surface area contributed by atoms with E-state index in [4.69, 9.17) is 18.0 Å². The maximum atomic E-state index is 14.0. The molecule has 4 nitrogen and oxygen atoms in total. The Morgan fingerprint density at radius 2 is 2.32 bits per heavy atom. The van der Waals surface area contributed by atoms with Crippen molar-refractivity contribution in [1.29, 1.82) is 0 Å². The zero-order valence-corrected chi connectivity index (χ0v) is 12.3. The minimum absolute atomic E-state index is 0.163. The molecule has 19 heavy (non-hydrogen) atoms. The van der Waals surface area contributed by atoms with E-state index in [1.54, 1.807) is 24.7 Å². The van der Waals surface area contributed by atoms with Gasteiger partial charge in [-0.1, -0.05) is 12.2 Å². The first kappa shape index (κ1) is 14.0. The summed E-state index contributed by atoms with van der Waals surface area (Å²) in [5.74, 6) is -0.393. The van der Waals surface area contributed by atoms with Gasteiger partial charge in [0.15, 0.2) is 5.82 Å². The molecular weight excluding hydrogens is 331 g/mol. The van der Waals surface area contributed by atoms with Crippen LogP contribution in [0.2, 0.25) is 0 Å². The molecule has 0 amide bonds. The lowest BCUT2D eigenvalue weighted by atomic mass is 10.2. The van der Waals surface area contributed by atoms with Crippen LogP contribution in [0.5, 0.6) is 0 Å². The van der Waals surface area contributed by atoms with E-state index in [1.807, 2.05) is 10.8 Å². The maximum Gasteiger partial charge on any atom is 0.161 e. The summed E-state index contributed by atoms with van der Waals surface area (Å²) < 4.78 is 16.2. The Morgan fingerprint density at radius 1 is 1.53 bits per heavy atom. The number of imidazole rings is 1. The molecule has 0 aliphatic rings. The van der Waals surface area contributed by atoms with Crippen LogP contribution < -0.4 is 11.1 Å². The molecule has 3 N–H and O–H groups in total. The smallest absolute Gasteiger partial charge is 0.161 e. The molecule has 0 saturated heterocycles. The van der Waals surface area contributed by atoms with Crippen molar-refractivity contribution in [2.45, 2.75) is 6.54 Å². The molecule has 0 spiro atoms. The fourth-order valence-electron chi connectivity index (χ4n) is 1.61. The van der Waals surface area contributed by atoms with Crippen molar-refractivity contribution in [2.24, 2.45) is 5.73 Å². The number of aromatic nitrogens is 2. The number of hydrogen-bond acceptors (Lipinski definition) is 3. The second kappa shape index (κ2) is 6.12. The first-order valence-corrected chi connectivity index (χ1v) is 6.77. The van der Waals surface area contributed by atoms with Crippen LogP contribution in [0.3, 0.4) is 0 Å². The van der Waals surface area contributed by atoms with E-state index >= 15 is 0 Å². The zero-order chi connectivity index (χ0) is 13.8. The number of nitrogens with zero attached hydrogens (tertiary/aromatic N) is 2. The minimum Gasteiger partial charge on any atom is -0.389 e. The molecule has 0 unspecified atom stereocenters. The Bertz CT molecular complexity index is 586. The van der Waals surface area contributed by atoms with Crippen molar-refractivity contribution >= 4 is 38.8 Å². The van der Waals surface area contributed by atoms with E-state index in [9.17, 15) is 4.39 Å². The quantitative estimate of drug-likeness (QED) is 0.820. The largest absolute Gasteiger partial charge is 0.389 e. The highest BCUT2D eigenvalue weighted by atomic mass is 79.9. The minimum atomic E-state index is -0.393. The van der Waals surface area contributed by atoms with Crippen molar-refractivity contribution in [3.63, 3.8) is 0 Å². The summed E-state index contributed by atoms with van der Waals surface area (Å²) in [6, 6.07) is 3.32. The molecule has 0 bridgehead atoms. The van der Waals surface area contributed by atoms with Crippen LogP contribution in [0, 0.1) is 5.82 Å². The number of anilines is 1. The zero-order valence-electron chi connectivity index (χ0n) is 9.94. The maximum absolute atomic E-state index is 14.0. The molecule has 0 aliphatic carbocycles. The number of benzene rings is 1. The monoisotopic (exact) mass is 342 g/mol. The van der Waals surface area contributed by atoms with Crippen LogP contribution in [0.4, 0.5) is 10.1 Å². The lowest BCUT2D eigenvalue weighted by molar-refractivity contribution is 0.621. The number of hydrogen-bond donors (Lipinski definition) is 2. The normalized spacial score (nSPS) is 10.4. The fraction of sp³-hybridized carbons (Fsp3) is 0.167. The van der Waals surface area contributed by atoms with Gasteiger partial charge < -0.3 is 15.6 Å². The molecule has 7 heteroatoms. The SMILES string of the molecule is NC(=S)c1ccc(NCCn2ccnc2)c(F)c1Br. The van der Waals surface area contributed by atoms with Gasteiger partial charge in [-0.05, 0) is 28.1 Å². The fourth-order valence-corrected chi connectivity index (χ4v) is 2.48. The van der Waals surface area contributed by atoms with Crippen LogP contribution in [-0.4, -0.2) is 21.1 Å². The topological polar surface area (TPSA) is 55.9 Å². The lowest BCUT2D eigenvalue weighted by Crippen LogP contribution is -2.13. The molecule has 0 fully saturated rings. The number of nitrogens with two attached hydrogens (primary N) is 1. The molecule has 2 rings (SSSR count). The standard InChI is InChI=1S/C12H12BrFN4S/c13-10-8(12(15)19)1-2-9(11(10)14)17-4-6-18-5-3-16-7-18/h1-3,5,7,17H,4,6H2,(H2,15,19). The molecule has 0 radical (unpaired) electrons. The van der Waals surface area contributed by atoms with E-state index in [2.05, 4.69) is 26.2 Å². The first-order chi connectivity index (χ1) is 9.09. The third-order valence-corrected chi connectivity index (χ3v) is 3.59. The van der Waals surface area contributed by atoms with E-state index < -0.39 is 5.82 Å². The first-order valence-electron chi connectivity index (χ1n) is 5.57. The van der Waals surface area contributed by atoms with E-state index in [-0.39, 0.29) is 9.46 Å². The van der Waals surface area contributed by atoms with Gasteiger partial charge in [-0.3, -0.25) is 0 Å². The van der Waals surface area contributed by atoms with Crippen molar-refractivity contribution in [3.05, 3.63) is 46.7 Å². The summed E-state index contributed by atoms with van der Waals surface area (Å²) in [6.07, 6.45) is 5.27. The van der Waals surface area contributed by atoms with Crippen LogP contribution in [-0.2, 0) is 6.54 Å². The third kappa shape index (κ3) is 3.30. The van der Waals surface area contributed by atoms with Crippen LogP contribution >= 0.6 is 28.1 Å². The Labute approximate surface area is 124 Å². The molecule has 2 aromatic rings. The van der Waals surface area contributed by atoms with E-state index in [1.165, 1.54) is 0 Å². The highest BCUT2D eigenvalue weighted by Gasteiger charge is 2.12. The van der Waals surface area contributed by atoms with Gasteiger partial charge in [-0.25, -0.2) is 9.37 Å². The predicted octanol–water partition coefficient (Wildman–Crippen LogP) is 2.53. The molecule has 1 aromatic carbocycles. The van der Waals surface area contributed by atoms with Gasteiger partial charge in [-0.2, -0.15) is 0 Å². The highest BCUT2D eigenvalue weighted by Crippen LogP contribution is 2.26. The van der Waals surface area contributed by atoms with Crippen molar-refractivity contribution in [1.82, 2.24) is 9.55 Å². The summed E-state index contributed by atoms with van der Waals surface area (Å²) >= 11 is 8.01. The summed E-state index contributed by atoms with van der Waals surface area (Å²) in [5, 5.41) is 3.02. The van der Waals surface area contributed by atoms with Gasteiger partial charge in [0.05, 0.1) is 16.5 Å². The van der Waals surface area contributed by atoms with Crippen LogP contribution in [0.15, 0.2) is 35.3 Å². The summed E-state index contributed by atoms with van der Waals surface area (Å²) in [5.41, 5.74) is 6.40. The number of thiocarbonyl (C=S) groups is 1. The van der Waals surface area contributed by atoms with E-state index in [0.29, 0.717) is 24.3 Å². The molecule has 100 valence electrons. The Balaban J connectivity index is 2.05. The predicted molar refractivity (Wildman–Crippen MR) is 80.7 cm³/mol. The molecule has 0 aliphatic heterocycles. The Hall–Kier alpha value is -1.47. The summed E-state index contributed by atoms with van der Waals surface area (Å²) in [7, 11) is 0. The lowest BCUT2D eigenvalue weighted by Gasteiger charge is -2.11. The van der Waals surface area contributed by atoms with Gasteiger partial charge in [0, 0.05) is 31.0 Å².